The molecule has 4 aliphatic rings. The molecule has 44 heavy (non-hydrogen) atoms. The van der Waals surface area contributed by atoms with Crippen LogP contribution < -0.4 is 16.2 Å². The van der Waals surface area contributed by atoms with Crippen LogP contribution in [-0.4, -0.2) is 52.1 Å². The van der Waals surface area contributed by atoms with Gasteiger partial charge in [-0.25, -0.2) is 14.4 Å². The molecule has 2 heterocycles. The lowest BCUT2D eigenvalue weighted by atomic mass is 9.45. The fraction of sp³-hybridized carbons (Fsp3) is 0.583. The average Bonchev–Trinajstić information content (AvgIpc) is 2.97. The number of nitrogens with one attached hydrogen (secondary N) is 2. The van der Waals surface area contributed by atoms with Gasteiger partial charge in [0.25, 0.3) is 5.56 Å². The molecule has 3 saturated carbocycles. The summed E-state index contributed by atoms with van der Waals surface area (Å²) in [7, 11) is 0. The van der Waals surface area contributed by atoms with Crippen LogP contribution in [-0.2, 0) is 19.4 Å². The van der Waals surface area contributed by atoms with Gasteiger partial charge in [0.05, 0.1) is 16.9 Å². The Morgan fingerprint density at radius 2 is 1.93 bits per heavy atom. The number of fused-ring (bicyclic) bond motifs is 3. The summed E-state index contributed by atoms with van der Waals surface area (Å²) >= 11 is 0. The number of aryl methyl sites for hydroxylation is 1. The van der Waals surface area contributed by atoms with Crippen molar-refractivity contribution in [2.75, 3.05) is 25.0 Å². The van der Waals surface area contributed by atoms with Crippen LogP contribution in [0.1, 0.15) is 65.8 Å². The van der Waals surface area contributed by atoms with Crippen molar-refractivity contribution in [3.05, 3.63) is 70.0 Å². The molecule has 1 aliphatic heterocycles. The zero-order chi connectivity index (χ0) is 31.2. The number of aliphatic imine (C=N–C) groups is 1. The van der Waals surface area contributed by atoms with Crippen molar-refractivity contribution in [1.29, 1.82) is 0 Å². The third-order valence-corrected chi connectivity index (χ3v) is 10.7. The van der Waals surface area contributed by atoms with Gasteiger partial charge in [-0.15, -0.1) is 0 Å². The van der Waals surface area contributed by atoms with Crippen LogP contribution in [0, 0.1) is 34.9 Å². The molecule has 8 heteroatoms. The standard InChI is InChI=1S/C36H49FN6O/c1-22(2)17-33-40-32-20-28(11-12-29(32)34(44)43(33)15-13-25-7-9-27(37)10-8-25)39-35(42-16-14-38-23(3)21-42)41-31-19-26-18-30(24(31)4)36(26,5)6/h7-12,20,22-24,26,30-31,38H,13-19,21H2,1-6H3,(H,39,41)/t23-,24+,26-,30-,31-/m0/s1. The Morgan fingerprint density at radius 3 is 2.61 bits per heavy atom. The summed E-state index contributed by atoms with van der Waals surface area (Å²) in [6.45, 7) is 17.0. The van der Waals surface area contributed by atoms with E-state index >= 15 is 0 Å². The molecule has 2 aromatic carbocycles. The van der Waals surface area contributed by atoms with E-state index in [0.29, 0.717) is 59.6 Å². The Labute approximate surface area is 261 Å². The average molecular weight is 601 g/mol. The second kappa shape index (κ2) is 12.3. The van der Waals surface area contributed by atoms with E-state index in [0.717, 1.165) is 60.9 Å². The lowest BCUT2D eigenvalue weighted by Crippen LogP contribution is -2.57. The smallest absolute Gasteiger partial charge is 0.261 e. The van der Waals surface area contributed by atoms with Gasteiger partial charge in [0.2, 0.25) is 0 Å². The van der Waals surface area contributed by atoms with Crippen molar-refractivity contribution in [1.82, 2.24) is 19.8 Å². The van der Waals surface area contributed by atoms with Crippen LogP contribution >= 0.6 is 0 Å². The first-order valence-corrected chi connectivity index (χ1v) is 16.6. The molecule has 1 saturated heterocycles. The van der Waals surface area contributed by atoms with E-state index < -0.39 is 0 Å². The minimum Gasteiger partial charge on any atom is -0.340 e. The zero-order valence-electron chi connectivity index (χ0n) is 27.2. The van der Waals surface area contributed by atoms with E-state index in [1.165, 1.54) is 18.6 Å². The molecule has 7 rings (SSSR count). The highest BCUT2D eigenvalue weighted by molar-refractivity contribution is 5.96. The second-order valence-corrected chi connectivity index (χ2v) is 14.6. The number of nitrogens with zero attached hydrogens (tertiary/aromatic N) is 4. The van der Waals surface area contributed by atoms with Crippen molar-refractivity contribution < 1.29 is 4.39 Å². The molecule has 2 N–H and O–H groups in total. The first-order chi connectivity index (χ1) is 21.0. The first kappa shape index (κ1) is 30.8. The maximum Gasteiger partial charge on any atom is 0.261 e. The monoisotopic (exact) mass is 600 g/mol. The van der Waals surface area contributed by atoms with Crippen LogP contribution in [0.15, 0.2) is 52.3 Å². The summed E-state index contributed by atoms with van der Waals surface area (Å²) in [5.74, 6) is 3.85. The Bertz CT molecular complexity index is 1580. The van der Waals surface area contributed by atoms with Gasteiger partial charge in [0.1, 0.15) is 11.6 Å². The Morgan fingerprint density at radius 1 is 1.16 bits per heavy atom. The van der Waals surface area contributed by atoms with Gasteiger partial charge in [0, 0.05) is 44.3 Å². The maximum absolute atomic E-state index is 13.8. The molecular weight excluding hydrogens is 551 g/mol. The van der Waals surface area contributed by atoms with E-state index in [-0.39, 0.29) is 11.4 Å². The number of halogens is 1. The van der Waals surface area contributed by atoms with Gasteiger partial charge in [-0.05, 0) is 91.2 Å². The number of aromatic nitrogens is 2. The predicted molar refractivity (Wildman–Crippen MR) is 178 cm³/mol. The van der Waals surface area contributed by atoms with Crippen molar-refractivity contribution in [2.24, 2.45) is 34.1 Å². The van der Waals surface area contributed by atoms with E-state index in [1.807, 2.05) is 22.8 Å². The molecule has 0 amide bonds. The molecule has 3 aliphatic carbocycles. The summed E-state index contributed by atoms with van der Waals surface area (Å²) in [6.07, 6.45) is 3.83. The summed E-state index contributed by atoms with van der Waals surface area (Å²) in [5, 5.41) is 7.87. The van der Waals surface area contributed by atoms with Crippen molar-refractivity contribution in [3.8, 4) is 0 Å². The maximum atomic E-state index is 13.8. The normalized spacial score (nSPS) is 26.6. The predicted octanol–water partition coefficient (Wildman–Crippen LogP) is 6.11. The largest absolute Gasteiger partial charge is 0.340 e. The lowest BCUT2D eigenvalue weighted by molar-refractivity contribution is -0.108. The second-order valence-electron chi connectivity index (χ2n) is 14.6. The van der Waals surface area contributed by atoms with E-state index in [1.54, 1.807) is 12.1 Å². The van der Waals surface area contributed by atoms with Crippen LogP contribution in [0.5, 0.6) is 0 Å². The van der Waals surface area contributed by atoms with E-state index in [2.05, 4.69) is 57.1 Å². The fourth-order valence-electron chi connectivity index (χ4n) is 7.89. The molecule has 0 unspecified atom stereocenters. The molecule has 5 atom stereocenters. The number of anilines is 1. The zero-order valence-corrected chi connectivity index (χ0v) is 27.2. The van der Waals surface area contributed by atoms with Crippen LogP contribution in [0.4, 0.5) is 10.1 Å². The topological polar surface area (TPSA) is 74.6 Å². The molecule has 0 radical (unpaired) electrons. The molecule has 7 nitrogen and oxygen atoms in total. The summed E-state index contributed by atoms with van der Waals surface area (Å²) in [6, 6.07) is 13.1. The van der Waals surface area contributed by atoms with Gasteiger partial charge in [0.15, 0.2) is 5.96 Å². The number of benzene rings is 2. The number of piperazine rings is 1. The van der Waals surface area contributed by atoms with Gasteiger partial charge >= 0.3 is 0 Å². The number of hydrogen-bond acceptors (Lipinski definition) is 4. The molecule has 236 valence electrons. The minimum absolute atomic E-state index is 0.0259. The summed E-state index contributed by atoms with van der Waals surface area (Å²) < 4.78 is 15.2. The first-order valence-electron chi connectivity index (χ1n) is 16.6. The number of guanidine groups is 1. The Kier molecular flexibility index (Phi) is 8.57. The minimum atomic E-state index is -0.253. The van der Waals surface area contributed by atoms with Gasteiger partial charge < -0.3 is 15.5 Å². The Balaban J connectivity index is 1.30. The third-order valence-electron chi connectivity index (χ3n) is 10.7. The van der Waals surface area contributed by atoms with E-state index in [4.69, 9.17) is 9.98 Å². The molecule has 4 fully saturated rings. The molecule has 3 aromatic rings. The van der Waals surface area contributed by atoms with Crippen molar-refractivity contribution >= 4 is 22.5 Å². The Hall–Kier alpha value is -3.26. The summed E-state index contributed by atoms with van der Waals surface area (Å²) in [5.41, 5.74) is 3.00. The van der Waals surface area contributed by atoms with Crippen LogP contribution in [0.2, 0.25) is 0 Å². The summed E-state index contributed by atoms with van der Waals surface area (Å²) in [4.78, 5) is 26.7. The van der Waals surface area contributed by atoms with Gasteiger partial charge in [-0.1, -0.05) is 46.8 Å². The quantitative estimate of drug-likeness (QED) is 0.253. The van der Waals surface area contributed by atoms with Crippen LogP contribution in [0.25, 0.3) is 10.9 Å². The molecule has 1 aromatic heterocycles. The van der Waals surface area contributed by atoms with Crippen molar-refractivity contribution in [2.45, 2.75) is 85.9 Å². The highest BCUT2D eigenvalue weighted by Crippen LogP contribution is 2.61. The SMILES string of the molecule is CC(C)Cc1nc2cc(NC(=N[C@H]3C[C@@H]4C[C@@H]([C@H]3C)C4(C)C)N3CCN[C@@H](C)C3)ccc2c(=O)n1CCc1ccc(F)cc1. The number of rotatable bonds is 7. The number of hydrogen-bond donors (Lipinski definition) is 2. The third kappa shape index (κ3) is 6.15. The molecule has 2 bridgehead atoms. The van der Waals surface area contributed by atoms with E-state index in [9.17, 15) is 9.18 Å². The highest BCUT2D eigenvalue weighted by Gasteiger charge is 2.56. The molecular formula is C36H49FN6O. The van der Waals surface area contributed by atoms with Crippen molar-refractivity contribution in [3.63, 3.8) is 0 Å². The highest BCUT2D eigenvalue weighted by atomic mass is 19.1. The van der Waals surface area contributed by atoms with Crippen LogP contribution in [0.3, 0.4) is 0 Å². The molecule has 0 spiro atoms. The van der Waals surface area contributed by atoms with Gasteiger partial charge in [-0.3, -0.25) is 9.36 Å². The van der Waals surface area contributed by atoms with Gasteiger partial charge in [-0.2, -0.15) is 0 Å². The lowest BCUT2D eigenvalue weighted by Gasteiger charge is -2.61. The fourth-order valence-corrected chi connectivity index (χ4v) is 7.89.